The molecule has 1 aliphatic heterocycles. The molecule has 1 aliphatic rings. The molecule has 3 aromatic carbocycles. The molecular formula is C25H24FN3O2S. The van der Waals surface area contributed by atoms with Gasteiger partial charge in [-0.3, -0.25) is 4.90 Å². The first kappa shape index (κ1) is 20.8. The minimum Gasteiger partial charge on any atom is -0.296 e. The molecule has 2 heterocycles. The van der Waals surface area contributed by atoms with Crippen LogP contribution in [0.25, 0.3) is 10.9 Å². The molecule has 1 fully saturated rings. The van der Waals surface area contributed by atoms with Crippen molar-refractivity contribution < 1.29 is 12.8 Å². The van der Waals surface area contributed by atoms with Crippen LogP contribution in [0.2, 0.25) is 0 Å². The maximum atomic E-state index is 13.7. The van der Waals surface area contributed by atoms with Gasteiger partial charge in [0.1, 0.15) is 5.82 Å². The van der Waals surface area contributed by atoms with Gasteiger partial charge in [-0.15, -0.1) is 0 Å². The molecule has 0 bridgehead atoms. The largest absolute Gasteiger partial charge is 0.296 e. The number of fused-ring (bicyclic) bond motifs is 1. The summed E-state index contributed by atoms with van der Waals surface area (Å²) < 4.78 is 41.4. The highest BCUT2D eigenvalue weighted by molar-refractivity contribution is 7.90. The van der Waals surface area contributed by atoms with Gasteiger partial charge in [0.25, 0.3) is 10.0 Å². The molecule has 0 aliphatic carbocycles. The van der Waals surface area contributed by atoms with E-state index in [2.05, 4.69) is 29.1 Å². The van der Waals surface area contributed by atoms with Crippen LogP contribution in [-0.4, -0.2) is 35.6 Å². The Morgan fingerprint density at radius 1 is 1.00 bits per heavy atom. The minimum atomic E-state index is -4.02. The smallest absolute Gasteiger partial charge is 0.283 e. The average molecular weight is 450 g/mol. The summed E-state index contributed by atoms with van der Waals surface area (Å²) >= 11 is 0. The fourth-order valence-corrected chi connectivity index (χ4v) is 5.90. The van der Waals surface area contributed by atoms with Crippen molar-refractivity contribution in [1.82, 2.24) is 14.1 Å². The van der Waals surface area contributed by atoms with E-state index in [1.807, 2.05) is 30.3 Å². The maximum Gasteiger partial charge on any atom is 0.283 e. The molecule has 5 rings (SSSR count). The highest BCUT2D eigenvalue weighted by atomic mass is 32.2. The van der Waals surface area contributed by atoms with E-state index < -0.39 is 15.8 Å². The predicted octanol–water partition coefficient (Wildman–Crippen LogP) is 4.96. The number of nitrogens with zero attached hydrogens (tertiary/aromatic N) is 3. The zero-order chi connectivity index (χ0) is 22.3. The third-order valence-electron chi connectivity index (χ3n) is 6.34. The van der Waals surface area contributed by atoms with E-state index in [-0.39, 0.29) is 16.9 Å². The molecule has 0 radical (unpaired) electrons. The second-order valence-corrected chi connectivity index (χ2v) is 10.0. The third-order valence-corrected chi connectivity index (χ3v) is 7.93. The monoisotopic (exact) mass is 449 g/mol. The quantitative estimate of drug-likeness (QED) is 0.432. The fraction of sp³-hybridized carbons (Fsp3) is 0.240. The standard InChI is InChI=1S/C25H24FN3O2S/c1-18(19-8-3-2-4-9-19)28-15-14-20(17-28)25-23-12-5-6-13-24(23)29(27-25)32(30,31)22-11-7-10-21(26)16-22/h2-13,16,18,20H,14-15,17H2,1H3. The molecule has 0 amide bonds. The Kier molecular flexibility index (Phi) is 5.31. The molecule has 32 heavy (non-hydrogen) atoms. The third kappa shape index (κ3) is 3.61. The van der Waals surface area contributed by atoms with E-state index in [1.165, 1.54) is 23.8 Å². The van der Waals surface area contributed by atoms with Crippen LogP contribution in [0.5, 0.6) is 0 Å². The van der Waals surface area contributed by atoms with Crippen molar-refractivity contribution in [3.8, 4) is 0 Å². The first-order chi connectivity index (χ1) is 15.4. The molecule has 1 saturated heterocycles. The van der Waals surface area contributed by atoms with Crippen molar-refractivity contribution in [3.63, 3.8) is 0 Å². The van der Waals surface area contributed by atoms with Crippen molar-refractivity contribution in [2.45, 2.75) is 30.2 Å². The number of hydrogen-bond donors (Lipinski definition) is 0. The summed E-state index contributed by atoms with van der Waals surface area (Å²) in [5, 5.41) is 5.42. The van der Waals surface area contributed by atoms with Crippen LogP contribution in [0.15, 0.2) is 83.8 Å². The average Bonchev–Trinajstić information content (AvgIpc) is 3.44. The normalized spacial score (nSPS) is 18.2. The molecular weight excluding hydrogens is 425 g/mol. The van der Waals surface area contributed by atoms with E-state index in [9.17, 15) is 12.8 Å². The SMILES string of the molecule is CC(c1ccccc1)N1CCC(c2nn(S(=O)(=O)c3cccc(F)c3)c3ccccc23)C1. The number of aromatic nitrogens is 2. The van der Waals surface area contributed by atoms with E-state index in [1.54, 1.807) is 12.1 Å². The molecule has 4 aromatic rings. The van der Waals surface area contributed by atoms with Gasteiger partial charge in [-0.25, -0.2) is 4.39 Å². The Bertz CT molecular complexity index is 1370. The first-order valence-electron chi connectivity index (χ1n) is 10.7. The van der Waals surface area contributed by atoms with Crippen molar-refractivity contribution in [2.75, 3.05) is 13.1 Å². The zero-order valence-corrected chi connectivity index (χ0v) is 18.5. The summed E-state index contributed by atoms with van der Waals surface area (Å²) in [6.45, 7) is 3.92. The lowest BCUT2D eigenvalue weighted by molar-refractivity contribution is 0.259. The summed E-state index contributed by atoms with van der Waals surface area (Å²) in [5.74, 6) is -0.473. The molecule has 5 nitrogen and oxygen atoms in total. The summed E-state index contributed by atoms with van der Waals surface area (Å²) in [5.41, 5.74) is 2.56. The number of halogens is 1. The topological polar surface area (TPSA) is 55.2 Å². The van der Waals surface area contributed by atoms with Crippen LogP contribution < -0.4 is 0 Å². The van der Waals surface area contributed by atoms with Crippen LogP contribution in [0.3, 0.4) is 0 Å². The number of para-hydroxylation sites is 1. The lowest BCUT2D eigenvalue weighted by atomic mass is 10.0. The van der Waals surface area contributed by atoms with E-state index in [0.717, 1.165) is 40.7 Å². The van der Waals surface area contributed by atoms with Crippen LogP contribution in [0, 0.1) is 5.82 Å². The molecule has 1 aromatic heterocycles. The number of rotatable bonds is 5. The van der Waals surface area contributed by atoms with Gasteiger partial charge in [0.2, 0.25) is 0 Å². The van der Waals surface area contributed by atoms with Gasteiger partial charge in [0, 0.05) is 23.9 Å². The summed E-state index contributed by atoms with van der Waals surface area (Å²) in [4.78, 5) is 2.30. The molecule has 0 saturated carbocycles. The Hall–Kier alpha value is -3.03. The number of hydrogen-bond acceptors (Lipinski definition) is 4. The number of benzene rings is 3. The van der Waals surface area contributed by atoms with Gasteiger partial charge in [0.15, 0.2) is 0 Å². The van der Waals surface area contributed by atoms with Crippen LogP contribution in [0.4, 0.5) is 4.39 Å². The zero-order valence-electron chi connectivity index (χ0n) is 17.7. The fourth-order valence-electron chi connectivity index (χ4n) is 4.58. The van der Waals surface area contributed by atoms with Crippen molar-refractivity contribution in [2.24, 2.45) is 0 Å². The molecule has 0 N–H and O–H groups in total. The van der Waals surface area contributed by atoms with Crippen LogP contribution >= 0.6 is 0 Å². The second kappa shape index (κ2) is 8.15. The lowest BCUT2D eigenvalue weighted by Gasteiger charge is -2.24. The predicted molar refractivity (Wildman–Crippen MR) is 123 cm³/mol. The maximum absolute atomic E-state index is 13.7. The van der Waals surface area contributed by atoms with E-state index in [4.69, 9.17) is 0 Å². The number of likely N-dealkylation sites (tertiary alicyclic amines) is 1. The molecule has 7 heteroatoms. The van der Waals surface area contributed by atoms with Crippen molar-refractivity contribution in [3.05, 3.63) is 95.9 Å². The van der Waals surface area contributed by atoms with Gasteiger partial charge in [-0.2, -0.15) is 17.6 Å². The van der Waals surface area contributed by atoms with Crippen LogP contribution in [0.1, 0.15) is 36.6 Å². The van der Waals surface area contributed by atoms with E-state index in [0.29, 0.717) is 5.52 Å². The van der Waals surface area contributed by atoms with E-state index >= 15 is 0 Å². The Morgan fingerprint density at radius 3 is 2.53 bits per heavy atom. The highest BCUT2D eigenvalue weighted by Crippen LogP contribution is 2.36. The Morgan fingerprint density at radius 2 is 1.75 bits per heavy atom. The van der Waals surface area contributed by atoms with Gasteiger partial charge in [-0.1, -0.05) is 54.6 Å². The van der Waals surface area contributed by atoms with Gasteiger partial charge in [-0.05, 0) is 49.7 Å². The Labute approximate surface area is 187 Å². The summed E-state index contributed by atoms with van der Waals surface area (Å²) in [6, 6.07) is 23.1. The van der Waals surface area contributed by atoms with Gasteiger partial charge >= 0.3 is 0 Å². The molecule has 2 unspecified atom stereocenters. The highest BCUT2D eigenvalue weighted by Gasteiger charge is 2.32. The van der Waals surface area contributed by atoms with Crippen molar-refractivity contribution in [1.29, 1.82) is 0 Å². The molecule has 0 spiro atoms. The van der Waals surface area contributed by atoms with Gasteiger partial charge in [0.05, 0.1) is 16.1 Å². The summed E-state index contributed by atoms with van der Waals surface area (Å²) in [7, 11) is -4.02. The summed E-state index contributed by atoms with van der Waals surface area (Å²) in [6.07, 6.45) is 0.901. The molecule has 2 atom stereocenters. The Balaban J connectivity index is 1.51. The van der Waals surface area contributed by atoms with Crippen molar-refractivity contribution >= 4 is 20.9 Å². The molecule has 164 valence electrons. The minimum absolute atomic E-state index is 0.108. The lowest BCUT2D eigenvalue weighted by Crippen LogP contribution is -2.24. The second-order valence-electron chi connectivity index (χ2n) is 8.27. The van der Waals surface area contributed by atoms with Gasteiger partial charge < -0.3 is 0 Å². The first-order valence-corrected chi connectivity index (χ1v) is 12.2. The van der Waals surface area contributed by atoms with Crippen LogP contribution in [-0.2, 0) is 10.0 Å².